The van der Waals surface area contributed by atoms with Gasteiger partial charge in [0.15, 0.2) is 5.75 Å². The normalized spacial score (nSPS) is 10.8. The Labute approximate surface area is 183 Å². The molecule has 0 atom stereocenters. The zero-order chi connectivity index (χ0) is 21.1. The van der Waals surface area contributed by atoms with Gasteiger partial charge in [0.05, 0.1) is 6.20 Å². The Morgan fingerprint density at radius 2 is 1.87 bits per heavy atom. The summed E-state index contributed by atoms with van der Waals surface area (Å²) >= 11 is 12.1. The van der Waals surface area contributed by atoms with Crippen LogP contribution < -0.4 is 9.47 Å². The molecule has 0 bridgehead atoms. The van der Waals surface area contributed by atoms with Gasteiger partial charge in [-0.15, -0.1) is 0 Å². The van der Waals surface area contributed by atoms with Crippen molar-refractivity contribution in [3.8, 4) is 34.3 Å². The standard InChI is InChI=1S/C23H18Cl2N2O3/c1-14-3-2-4-18(9-14)30-22-12-26-27-23(22)19-8-7-17(11-21(19)28)29-13-15-5-6-16(24)10-20(15)25/h2-12,28H,13H2,1H3,(H,26,27). The topological polar surface area (TPSA) is 67.4 Å². The monoisotopic (exact) mass is 440 g/mol. The number of rotatable bonds is 6. The smallest absolute Gasteiger partial charge is 0.173 e. The van der Waals surface area contributed by atoms with Crippen LogP contribution in [0.4, 0.5) is 0 Å². The summed E-state index contributed by atoms with van der Waals surface area (Å²) in [5.74, 6) is 1.74. The molecule has 2 N–H and O–H groups in total. The van der Waals surface area contributed by atoms with Gasteiger partial charge in [-0.1, -0.05) is 41.4 Å². The van der Waals surface area contributed by atoms with E-state index in [9.17, 15) is 5.11 Å². The van der Waals surface area contributed by atoms with Crippen molar-refractivity contribution in [1.82, 2.24) is 10.2 Å². The van der Waals surface area contributed by atoms with E-state index in [2.05, 4.69) is 10.2 Å². The van der Waals surface area contributed by atoms with Crippen LogP contribution in [0.1, 0.15) is 11.1 Å². The van der Waals surface area contributed by atoms with Gasteiger partial charge in [-0.25, -0.2) is 0 Å². The fourth-order valence-electron chi connectivity index (χ4n) is 2.96. The van der Waals surface area contributed by atoms with Gasteiger partial charge in [0.1, 0.15) is 29.5 Å². The first-order valence-electron chi connectivity index (χ1n) is 9.17. The van der Waals surface area contributed by atoms with Gasteiger partial charge in [-0.05, 0) is 48.9 Å². The summed E-state index contributed by atoms with van der Waals surface area (Å²) in [5, 5.41) is 18.6. The Hall–Kier alpha value is -3.15. The van der Waals surface area contributed by atoms with E-state index < -0.39 is 0 Å². The van der Waals surface area contributed by atoms with Gasteiger partial charge < -0.3 is 14.6 Å². The lowest BCUT2D eigenvalue weighted by molar-refractivity contribution is 0.304. The number of hydrogen-bond donors (Lipinski definition) is 2. The Kier molecular flexibility index (Phi) is 5.84. The highest BCUT2D eigenvalue weighted by atomic mass is 35.5. The molecular formula is C23H18Cl2N2O3. The summed E-state index contributed by atoms with van der Waals surface area (Å²) in [4.78, 5) is 0. The first-order valence-corrected chi connectivity index (χ1v) is 9.93. The summed E-state index contributed by atoms with van der Waals surface area (Å²) in [6.45, 7) is 2.24. The number of phenols is 1. The van der Waals surface area contributed by atoms with Crippen molar-refractivity contribution in [2.24, 2.45) is 0 Å². The van der Waals surface area contributed by atoms with Crippen LogP contribution in [0.25, 0.3) is 11.3 Å². The summed E-state index contributed by atoms with van der Waals surface area (Å²) in [5.41, 5.74) is 3.00. The molecule has 0 radical (unpaired) electrons. The predicted octanol–water partition coefficient (Wildman–Crippen LogP) is 6.77. The number of hydrogen-bond acceptors (Lipinski definition) is 4. The zero-order valence-corrected chi connectivity index (χ0v) is 17.5. The van der Waals surface area contributed by atoms with E-state index in [1.54, 1.807) is 36.5 Å². The molecule has 1 aromatic heterocycles. The number of phenolic OH excluding ortho intramolecular Hbond substituents is 1. The van der Waals surface area contributed by atoms with Crippen molar-refractivity contribution in [3.63, 3.8) is 0 Å². The second-order valence-electron chi connectivity index (χ2n) is 6.73. The van der Waals surface area contributed by atoms with E-state index >= 15 is 0 Å². The number of aromatic hydroxyl groups is 1. The first-order chi connectivity index (χ1) is 14.5. The quantitative estimate of drug-likeness (QED) is 0.347. The van der Waals surface area contributed by atoms with Gasteiger partial charge in [-0.2, -0.15) is 5.10 Å². The molecular weight excluding hydrogens is 423 g/mol. The highest BCUT2D eigenvalue weighted by Crippen LogP contribution is 2.38. The van der Waals surface area contributed by atoms with E-state index in [4.69, 9.17) is 32.7 Å². The van der Waals surface area contributed by atoms with Crippen LogP contribution in [-0.4, -0.2) is 15.3 Å². The molecule has 0 aliphatic carbocycles. The molecule has 30 heavy (non-hydrogen) atoms. The second-order valence-corrected chi connectivity index (χ2v) is 7.57. The summed E-state index contributed by atoms with van der Waals surface area (Å²) < 4.78 is 11.7. The summed E-state index contributed by atoms with van der Waals surface area (Å²) in [6.07, 6.45) is 1.57. The lowest BCUT2D eigenvalue weighted by Gasteiger charge is -2.11. The van der Waals surface area contributed by atoms with Crippen LogP contribution in [0.2, 0.25) is 10.0 Å². The lowest BCUT2D eigenvalue weighted by Crippen LogP contribution is -1.96. The fourth-order valence-corrected chi connectivity index (χ4v) is 3.43. The predicted molar refractivity (Wildman–Crippen MR) is 118 cm³/mol. The Morgan fingerprint density at radius 3 is 2.63 bits per heavy atom. The van der Waals surface area contributed by atoms with Crippen LogP contribution in [0.3, 0.4) is 0 Å². The maximum atomic E-state index is 10.6. The van der Waals surface area contributed by atoms with Gasteiger partial charge in [0, 0.05) is 27.2 Å². The number of H-pyrrole nitrogens is 1. The van der Waals surface area contributed by atoms with E-state index in [1.165, 1.54) is 6.07 Å². The SMILES string of the molecule is Cc1cccc(Oc2cn[nH]c2-c2ccc(OCc3ccc(Cl)cc3Cl)cc2O)c1. The average molecular weight is 441 g/mol. The van der Waals surface area contributed by atoms with Gasteiger partial charge in [-0.3, -0.25) is 5.10 Å². The third-order valence-electron chi connectivity index (χ3n) is 4.47. The van der Waals surface area contributed by atoms with Gasteiger partial charge in [0.2, 0.25) is 0 Å². The Morgan fingerprint density at radius 1 is 1.00 bits per heavy atom. The van der Waals surface area contributed by atoms with Crippen molar-refractivity contribution in [2.75, 3.05) is 0 Å². The van der Waals surface area contributed by atoms with Crippen molar-refractivity contribution in [3.05, 3.63) is 88.0 Å². The Bertz CT molecular complexity index is 1190. The second kappa shape index (κ2) is 8.69. The van der Waals surface area contributed by atoms with E-state index in [0.717, 1.165) is 11.1 Å². The van der Waals surface area contributed by atoms with Crippen molar-refractivity contribution < 1.29 is 14.6 Å². The molecule has 0 saturated heterocycles. The minimum absolute atomic E-state index is 0.0352. The minimum Gasteiger partial charge on any atom is -0.507 e. The van der Waals surface area contributed by atoms with Crippen molar-refractivity contribution >= 4 is 23.2 Å². The fraction of sp³-hybridized carbons (Fsp3) is 0.0870. The molecule has 0 fully saturated rings. The maximum absolute atomic E-state index is 10.6. The maximum Gasteiger partial charge on any atom is 0.173 e. The number of aryl methyl sites for hydroxylation is 1. The minimum atomic E-state index is 0.0352. The molecule has 4 rings (SSSR count). The van der Waals surface area contributed by atoms with Crippen LogP contribution in [0.15, 0.2) is 66.9 Å². The highest BCUT2D eigenvalue weighted by Gasteiger charge is 2.15. The third kappa shape index (κ3) is 4.53. The molecule has 4 aromatic rings. The molecule has 0 aliphatic rings. The molecule has 1 heterocycles. The molecule has 3 aromatic carbocycles. The molecule has 0 aliphatic heterocycles. The van der Waals surface area contributed by atoms with E-state index in [1.807, 2.05) is 31.2 Å². The molecule has 152 valence electrons. The number of nitrogens with zero attached hydrogens (tertiary/aromatic N) is 1. The number of halogens is 2. The van der Waals surface area contributed by atoms with E-state index in [0.29, 0.717) is 38.6 Å². The summed E-state index contributed by atoms with van der Waals surface area (Å²) in [6, 6.07) is 18.0. The third-order valence-corrected chi connectivity index (χ3v) is 5.06. The lowest BCUT2D eigenvalue weighted by atomic mass is 10.1. The number of aromatic amines is 1. The number of benzene rings is 3. The molecule has 0 spiro atoms. The van der Waals surface area contributed by atoms with Crippen LogP contribution in [0.5, 0.6) is 23.0 Å². The highest BCUT2D eigenvalue weighted by molar-refractivity contribution is 6.35. The van der Waals surface area contributed by atoms with Crippen LogP contribution >= 0.6 is 23.2 Å². The van der Waals surface area contributed by atoms with Crippen LogP contribution in [0, 0.1) is 6.92 Å². The Balaban J connectivity index is 1.52. The summed E-state index contributed by atoms with van der Waals surface area (Å²) in [7, 11) is 0. The number of aromatic nitrogens is 2. The average Bonchev–Trinajstić information content (AvgIpc) is 3.15. The van der Waals surface area contributed by atoms with E-state index in [-0.39, 0.29) is 12.4 Å². The molecule has 5 nitrogen and oxygen atoms in total. The van der Waals surface area contributed by atoms with Gasteiger partial charge in [0.25, 0.3) is 0 Å². The molecule has 0 amide bonds. The number of ether oxygens (including phenoxy) is 2. The molecule has 0 saturated carbocycles. The van der Waals surface area contributed by atoms with Crippen molar-refractivity contribution in [1.29, 1.82) is 0 Å². The largest absolute Gasteiger partial charge is 0.507 e. The molecule has 0 unspecified atom stereocenters. The first kappa shape index (κ1) is 20.1. The van der Waals surface area contributed by atoms with Crippen LogP contribution in [-0.2, 0) is 6.61 Å². The molecule has 7 heteroatoms. The number of nitrogens with one attached hydrogen (secondary N) is 1. The van der Waals surface area contributed by atoms with Crippen molar-refractivity contribution in [2.45, 2.75) is 13.5 Å². The van der Waals surface area contributed by atoms with Gasteiger partial charge >= 0.3 is 0 Å². The zero-order valence-electron chi connectivity index (χ0n) is 16.0.